The zero-order valence-corrected chi connectivity index (χ0v) is 9.78. The molecule has 0 N–H and O–H groups in total. The van der Waals surface area contributed by atoms with Crippen LogP contribution in [0, 0.1) is 0 Å². The van der Waals surface area contributed by atoms with Gasteiger partial charge in [0.05, 0.1) is 6.10 Å². The van der Waals surface area contributed by atoms with Gasteiger partial charge in [-0.05, 0) is 19.8 Å². The molecule has 2 heterocycles. The second-order valence-corrected chi connectivity index (χ2v) is 5.22. The Morgan fingerprint density at radius 1 is 1.27 bits per heavy atom. The molecular weight excluding hydrogens is 192 g/mol. The summed E-state index contributed by atoms with van der Waals surface area (Å²) in [5.74, 6) is 1.38. The summed E-state index contributed by atoms with van der Waals surface area (Å²) in [7, 11) is 0. The monoisotopic (exact) mass is 210 g/mol. The summed E-state index contributed by atoms with van der Waals surface area (Å²) in [6.45, 7) is 8.28. The lowest BCUT2D eigenvalue weighted by atomic mass is 9.96. The van der Waals surface area contributed by atoms with Crippen LogP contribution >= 0.6 is 0 Å². The summed E-state index contributed by atoms with van der Waals surface area (Å²) in [5, 5.41) is 3.99. The predicted molar refractivity (Wildman–Crippen MR) is 55.5 cm³/mol. The molecule has 0 amide bonds. The van der Waals surface area contributed by atoms with Crippen LogP contribution in [0.4, 0.5) is 0 Å². The maximum absolute atomic E-state index is 5.68. The Balaban J connectivity index is 2.14. The third kappa shape index (κ3) is 2.20. The molecule has 0 spiro atoms. The van der Waals surface area contributed by atoms with E-state index in [1.165, 1.54) is 0 Å². The van der Waals surface area contributed by atoms with Crippen molar-refractivity contribution in [2.24, 2.45) is 0 Å². The summed E-state index contributed by atoms with van der Waals surface area (Å²) in [6, 6.07) is 0. The fraction of sp³-hybridized carbons (Fsp3) is 0.818. The molecule has 1 aliphatic heterocycles. The van der Waals surface area contributed by atoms with Gasteiger partial charge in [-0.25, -0.2) is 0 Å². The van der Waals surface area contributed by atoms with E-state index in [4.69, 9.17) is 9.26 Å². The van der Waals surface area contributed by atoms with Gasteiger partial charge in [0.25, 0.3) is 5.89 Å². The average molecular weight is 210 g/mol. The third-order valence-electron chi connectivity index (χ3n) is 2.62. The minimum atomic E-state index is -0.0635. The molecule has 0 unspecified atom stereocenters. The molecule has 0 bridgehead atoms. The van der Waals surface area contributed by atoms with Crippen molar-refractivity contribution in [2.75, 3.05) is 0 Å². The lowest BCUT2D eigenvalue weighted by Gasteiger charge is -2.11. The van der Waals surface area contributed by atoms with E-state index in [-0.39, 0.29) is 11.5 Å². The Hall–Kier alpha value is -0.900. The quantitative estimate of drug-likeness (QED) is 0.714. The summed E-state index contributed by atoms with van der Waals surface area (Å²) < 4.78 is 10.9. The van der Waals surface area contributed by atoms with Gasteiger partial charge in [0.1, 0.15) is 6.10 Å². The van der Waals surface area contributed by atoms with Crippen molar-refractivity contribution in [3.63, 3.8) is 0 Å². The van der Waals surface area contributed by atoms with Gasteiger partial charge >= 0.3 is 0 Å². The molecule has 0 radical (unpaired) electrons. The molecule has 2 atom stereocenters. The number of rotatable bonds is 1. The summed E-state index contributed by atoms with van der Waals surface area (Å²) in [6.07, 6.45) is 2.36. The largest absolute Gasteiger partial charge is 0.365 e. The van der Waals surface area contributed by atoms with Crippen molar-refractivity contribution < 1.29 is 9.26 Å². The molecule has 0 aromatic carbocycles. The van der Waals surface area contributed by atoms with Gasteiger partial charge in [-0.2, -0.15) is 4.98 Å². The normalized spacial score (nSPS) is 27.2. The molecule has 4 heteroatoms. The first-order chi connectivity index (χ1) is 6.97. The van der Waals surface area contributed by atoms with Crippen molar-refractivity contribution in [2.45, 2.75) is 58.2 Å². The minimum absolute atomic E-state index is 0.00333. The standard InChI is InChI=1S/C11H18N2O2/c1-7-5-6-8(14-7)9-12-10(13-15-9)11(2,3)4/h7-8H,5-6H2,1-4H3/t7-,8-/m1/s1. The van der Waals surface area contributed by atoms with Crippen LogP contribution in [-0.4, -0.2) is 16.2 Å². The van der Waals surface area contributed by atoms with Crippen LogP contribution in [0.5, 0.6) is 0 Å². The number of nitrogens with zero attached hydrogens (tertiary/aromatic N) is 2. The highest BCUT2D eigenvalue weighted by molar-refractivity contribution is 5.02. The highest BCUT2D eigenvalue weighted by Gasteiger charge is 2.30. The van der Waals surface area contributed by atoms with Crippen LogP contribution in [0.1, 0.15) is 58.4 Å². The topological polar surface area (TPSA) is 48.2 Å². The SMILES string of the molecule is C[C@@H]1CC[C@H](c2nc(C(C)(C)C)no2)O1. The summed E-state index contributed by atoms with van der Waals surface area (Å²) >= 11 is 0. The second kappa shape index (κ2) is 3.59. The molecule has 2 rings (SSSR count). The van der Waals surface area contributed by atoms with Crippen LogP contribution in [0.2, 0.25) is 0 Å². The first-order valence-electron chi connectivity index (χ1n) is 5.46. The summed E-state index contributed by atoms with van der Waals surface area (Å²) in [5.41, 5.74) is -0.0635. The van der Waals surface area contributed by atoms with Gasteiger partial charge in [-0.3, -0.25) is 0 Å². The lowest BCUT2D eigenvalue weighted by molar-refractivity contribution is 0.0355. The number of hydrogen-bond acceptors (Lipinski definition) is 4. The van der Waals surface area contributed by atoms with Crippen molar-refractivity contribution in [1.82, 2.24) is 10.1 Å². The number of aromatic nitrogens is 2. The molecule has 1 aromatic rings. The molecular formula is C11H18N2O2. The molecule has 1 aromatic heterocycles. The lowest BCUT2D eigenvalue weighted by Crippen LogP contribution is -2.13. The molecule has 84 valence electrons. The van der Waals surface area contributed by atoms with Crippen molar-refractivity contribution >= 4 is 0 Å². The van der Waals surface area contributed by atoms with Crippen LogP contribution in [-0.2, 0) is 10.2 Å². The van der Waals surface area contributed by atoms with Crippen LogP contribution in [0.25, 0.3) is 0 Å². The van der Waals surface area contributed by atoms with Gasteiger partial charge in [-0.15, -0.1) is 0 Å². The first kappa shape index (κ1) is 10.6. The maximum Gasteiger partial charge on any atom is 0.255 e. The maximum atomic E-state index is 5.68. The fourth-order valence-corrected chi connectivity index (χ4v) is 1.65. The smallest absolute Gasteiger partial charge is 0.255 e. The Bertz CT molecular complexity index is 341. The average Bonchev–Trinajstić information content (AvgIpc) is 2.69. The molecule has 15 heavy (non-hydrogen) atoms. The molecule has 4 nitrogen and oxygen atoms in total. The molecule has 1 aliphatic rings. The number of hydrogen-bond donors (Lipinski definition) is 0. The van der Waals surface area contributed by atoms with Gasteiger partial charge in [-0.1, -0.05) is 25.9 Å². The highest BCUT2D eigenvalue weighted by Crippen LogP contribution is 2.32. The van der Waals surface area contributed by atoms with Gasteiger partial charge in [0.2, 0.25) is 0 Å². The van der Waals surface area contributed by atoms with E-state index in [0.717, 1.165) is 18.7 Å². The Labute approximate surface area is 90.0 Å². The van der Waals surface area contributed by atoms with Gasteiger partial charge in [0, 0.05) is 5.41 Å². The van der Waals surface area contributed by atoms with Crippen LogP contribution in [0.15, 0.2) is 4.52 Å². The fourth-order valence-electron chi connectivity index (χ4n) is 1.65. The molecule has 1 fully saturated rings. The van der Waals surface area contributed by atoms with Crippen molar-refractivity contribution in [1.29, 1.82) is 0 Å². The molecule has 1 saturated heterocycles. The minimum Gasteiger partial charge on any atom is -0.365 e. The van der Waals surface area contributed by atoms with Crippen molar-refractivity contribution in [3.05, 3.63) is 11.7 Å². The second-order valence-electron chi connectivity index (χ2n) is 5.22. The Kier molecular flexibility index (Phi) is 2.54. The Morgan fingerprint density at radius 3 is 2.47 bits per heavy atom. The number of ether oxygens (including phenoxy) is 1. The zero-order chi connectivity index (χ0) is 11.1. The molecule has 0 aliphatic carbocycles. The van der Waals surface area contributed by atoms with E-state index >= 15 is 0 Å². The van der Waals surface area contributed by atoms with Gasteiger partial charge < -0.3 is 9.26 Å². The third-order valence-corrected chi connectivity index (χ3v) is 2.62. The van der Waals surface area contributed by atoms with E-state index in [1.54, 1.807) is 0 Å². The van der Waals surface area contributed by atoms with E-state index in [1.807, 2.05) is 0 Å². The van der Waals surface area contributed by atoms with Gasteiger partial charge in [0.15, 0.2) is 5.82 Å². The van der Waals surface area contributed by atoms with E-state index in [0.29, 0.717) is 12.0 Å². The summed E-state index contributed by atoms with van der Waals surface area (Å²) in [4.78, 5) is 4.40. The van der Waals surface area contributed by atoms with E-state index < -0.39 is 0 Å². The first-order valence-corrected chi connectivity index (χ1v) is 5.46. The zero-order valence-electron chi connectivity index (χ0n) is 9.78. The van der Waals surface area contributed by atoms with Crippen LogP contribution < -0.4 is 0 Å². The van der Waals surface area contributed by atoms with Crippen LogP contribution in [0.3, 0.4) is 0 Å². The van der Waals surface area contributed by atoms with E-state index in [9.17, 15) is 0 Å². The molecule has 0 saturated carbocycles. The highest BCUT2D eigenvalue weighted by atomic mass is 16.5. The predicted octanol–water partition coefficient (Wildman–Crippen LogP) is 2.61. The Morgan fingerprint density at radius 2 is 2.00 bits per heavy atom. The van der Waals surface area contributed by atoms with E-state index in [2.05, 4.69) is 37.8 Å². The van der Waals surface area contributed by atoms with Crippen molar-refractivity contribution in [3.8, 4) is 0 Å².